The Kier molecular flexibility index (Phi) is 7.05. The van der Waals surface area contributed by atoms with Crippen LogP contribution in [0.2, 0.25) is 10.0 Å². The van der Waals surface area contributed by atoms with Crippen LogP contribution in [0.15, 0.2) is 42.5 Å². The Morgan fingerprint density at radius 1 is 1.14 bits per heavy atom. The van der Waals surface area contributed by atoms with Crippen molar-refractivity contribution in [2.75, 3.05) is 25.5 Å². The molecule has 1 aliphatic heterocycles. The maximum atomic E-state index is 12.7. The van der Waals surface area contributed by atoms with Gasteiger partial charge >= 0.3 is 0 Å². The number of nitrogens with zero attached hydrogens (tertiary/aromatic N) is 1. The van der Waals surface area contributed by atoms with Gasteiger partial charge in [-0.15, -0.1) is 0 Å². The van der Waals surface area contributed by atoms with E-state index in [0.29, 0.717) is 53.0 Å². The number of hydrogen-bond donors (Lipinski definition) is 1. The Morgan fingerprint density at radius 2 is 1.79 bits per heavy atom. The van der Waals surface area contributed by atoms with Crippen molar-refractivity contribution in [3.63, 3.8) is 0 Å². The van der Waals surface area contributed by atoms with Crippen LogP contribution in [-0.2, 0) is 20.6 Å². The molecule has 1 aliphatic rings. The quantitative estimate of drug-likeness (QED) is 0.706. The van der Waals surface area contributed by atoms with Crippen molar-refractivity contribution in [3.8, 4) is 5.75 Å². The first-order chi connectivity index (χ1) is 13.8. The molecule has 3 rings (SSSR count). The lowest BCUT2D eigenvalue weighted by Gasteiger charge is -2.30. The molecule has 0 aromatic heterocycles. The number of hydrogen-bond acceptors (Lipinski definition) is 4. The number of anilines is 1. The Morgan fingerprint density at radius 3 is 2.38 bits per heavy atom. The highest BCUT2D eigenvalue weighted by Gasteiger charge is 2.31. The summed E-state index contributed by atoms with van der Waals surface area (Å²) < 4.78 is 31.9. The van der Waals surface area contributed by atoms with E-state index < -0.39 is 10.0 Å². The minimum atomic E-state index is -3.44. The molecule has 29 heavy (non-hydrogen) atoms. The summed E-state index contributed by atoms with van der Waals surface area (Å²) in [4.78, 5) is 12.5. The molecule has 0 aliphatic carbocycles. The number of methoxy groups -OCH3 is 1. The van der Waals surface area contributed by atoms with Crippen molar-refractivity contribution in [1.82, 2.24) is 4.31 Å². The summed E-state index contributed by atoms with van der Waals surface area (Å²) in [5.41, 5.74) is 1.27. The highest BCUT2D eigenvalue weighted by Crippen LogP contribution is 2.28. The molecule has 0 atom stereocenters. The summed E-state index contributed by atoms with van der Waals surface area (Å²) in [6.45, 7) is 0.634. The Hall–Kier alpha value is -1.80. The van der Waals surface area contributed by atoms with Crippen LogP contribution in [0.5, 0.6) is 5.75 Å². The fourth-order valence-corrected chi connectivity index (χ4v) is 5.21. The Balaban J connectivity index is 1.55. The first-order valence-corrected chi connectivity index (χ1v) is 11.5. The second-order valence-corrected chi connectivity index (χ2v) is 9.71. The highest BCUT2D eigenvalue weighted by molar-refractivity contribution is 7.88. The van der Waals surface area contributed by atoms with Gasteiger partial charge in [0.1, 0.15) is 5.75 Å². The second-order valence-electron chi connectivity index (χ2n) is 6.89. The lowest BCUT2D eigenvalue weighted by Crippen LogP contribution is -2.41. The van der Waals surface area contributed by atoms with Crippen LogP contribution in [0.25, 0.3) is 0 Å². The number of halogens is 2. The molecule has 2 aromatic carbocycles. The molecule has 0 unspecified atom stereocenters. The summed E-state index contributed by atoms with van der Waals surface area (Å²) in [5, 5.41) is 3.82. The van der Waals surface area contributed by atoms with Gasteiger partial charge in [-0.3, -0.25) is 4.79 Å². The molecular weight excluding hydrogens is 435 g/mol. The number of benzene rings is 2. The lowest BCUT2D eigenvalue weighted by atomic mass is 9.97. The molecule has 1 amide bonds. The molecule has 0 spiro atoms. The second kappa shape index (κ2) is 9.34. The smallest absolute Gasteiger partial charge is 0.227 e. The van der Waals surface area contributed by atoms with Crippen molar-refractivity contribution in [2.24, 2.45) is 5.92 Å². The van der Waals surface area contributed by atoms with Crippen LogP contribution in [0.3, 0.4) is 0 Å². The van der Waals surface area contributed by atoms with Gasteiger partial charge in [0, 0.05) is 29.7 Å². The minimum Gasteiger partial charge on any atom is -0.495 e. The molecule has 1 saturated heterocycles. The topological polar surface area (TPSA) is 75.7 Å². The van der Waals surface area contributed by atoms with Crippen LogP contribution >= 0.6 is 23.2 Å². The number of carbonyl (C=O) groups is 1. The molecule has 1 N–H and O–H groups in total. The van der Waals surface area contributed by atoms with Gasteiger partial charge in [0.05, 0.1) is 17.9 Å². The van der Waals surface area contributed by atoms with E-state index in [-0.39, 0.29) is 17.6 Å². The number of carbonyl (C=O) groups excluding carboxylic acids is 1. The van der Waals surface area contributed by atoms with E-state index in [2.05, 4.69) is 5.32 Å². The third-order valence-corrected chi connectivity index (χ3v) is 7.30. The largest absolute Gasteiger partial charge is 0.495 e. The summed E-state index contributed by atoms with van der Waals surface area (Å²) >= 11 is 11.9. The van der Waals surface area contributed by atoms with Gasteiger partial charge in [0.15, 0.2) is 0 Å². The number of piperidine rings is 1. The zero-order chi connectivity index (χ0) is 21.0. The predicted octanol–water partition coefficient (Wildman–Crippen LogP) is 4.18. The van der Waals surface area contributed by atoms with E-state index in [1.165, 1.54) is 11.4 Å². The molecule has 1 fully saturated rings. The maximum Gasteiger partial charge on any atom is 0.227 e. The van der Waals surface area contributed by atoms with Crippen LogP contribution < -0.4 is 10.1 Å². The van der Waals surface area contributed by atoms with Crippen LogP contribution in [-0.4, -0.2) is 38.8 Å². The first kappa shape index (κ1) is 21.9. The van der Waals surface area contributed by atoms with E-state index in [1.54, 1.807) is 42.5 Å². The van der Waals surface area contributed by atoms with E-state index in [4.69, 9.17) is 27.9 Å². The molecule has 9 heteroatoms. The molecule has 0 radical (unpaired) electrons. The SMILES string of the molecule is COc1ccc(NC(=O)C2CCN(S(=O)(=O)Cc3ccc(Cl)cc3)CC2)cc1Cl. The molecular formula is C20H22Cl2N2O4S. The fraction of sp³-hybridized carbons (Fsp3) is 0.350. The summed E-state index contributed by atoms with van der Waals surface area (Å²) in [5.74, 6) is 0.0634. The monoisotopic (exact) mass is 456 g/mol. The van der Waals surface area contributed by atoms with E-state index in [0.717, 1.165) is 0 Å². The Bertz CT molecular complexity index is 972. The highest BCUT2D eigenvalue weighted by atomic mass is 35.5. The van der Waals surface area contributed by atoms with Crippen LogP contribution in [0.1, 0.15) is 18.4 Å². The van der Waals surface area contributed by atoms with Crippen molar-refractivity contribution in [2.45, 2.75) is 18.6 Å². The number of sulfonamides is 1. The van der Waals surface area contributed by atoms with Crippen LogP contribution in [0.4, 0.5) is 5.69 Å². The lowest BCUT2D eigenvalue weighted by molar-refractivity contribution is -0.120. The summed E-state index contributed by atoms with van der Waals surface area (Å²) in [7, 11) is -1.92. The zero-order valence-electron chi connectivity index (χ0n) is 15.9. The van der Waals surface area contributed by atoms with Gasteiger partial charge in [-0.2, -0.15) is 0 Å². The molecule has 0 bridgehead atoms. The molecule has 2 aromatic rings. The van der Waals surface area contributed by atoms with Crippen molar-refractivity contribution in [3.05, 3.63) is 58.1 Å². The van der Waals surface area contributed by atoms with Gasteiger partial charge in [0.2, 0.25) is 15.9 Å². The third-order valence-electron chi connectivity index (χ3n) is 4.90. The number of rotatable bonds is 6. The van der Waals surface area contributed by atoms with Gasteiger partial charge in [-0.25, -0.2) is 12.7 Å². The van der Waals surface area contributed by atoms with Gasteiger partial charge < -0.3 is 10.1 Å². The Labute approximate surface area is 180 Å². The van der Waals surface area contributed by atoms with Gasteiger partial charge in [0.25, 0.3) is 0 Å². The van der Waals surface area contributed by atoms with Gasteiger partial charge in [-0.05, 0) is 48.7 Å². The summed E-state index contributed by atoms with van der Waals surface area (Å²) in [6, 6.07) is 11.8. The molecule has 6 nitrogen and oxygen atoms in total. The van der Waals surface area contributed by atoms with Crippen molar-refractivity contribution < 1.29 is 17.9 Å². The first-order valence-electron chi connectivity index (χ1n) is 9.15. The maximum absolute atomic E-state index is 12.7. The average molecular weight is 457 g/mol. The van der Waals surface area contributed by atoms with E-state index in [9.17, 15) is 13.2 Å². The predicted molar refractivity (Wildman–Crippen MR) is 115 cm³/mol. The molecule has 0 saturated carbocycles. The molecule has 156 valence electrons. The fourth-order valence-electron chi connectivity index (χ4n) is 3.27. The minimum absolute atomic E-state index is 0.0780. The summed E-state index contributed by atoms with van der Waals surface area (Å²) in [6.07, 6.45) is 0.936. The van der Waals surface area contributed by atoms with E-state index in [1.807, 2.05) is 0 Å². The zero-order valence-corrected chi connectivity index (χ0v) is 18.2. The van der Waals surface area contributed by atoms with Gasteiger partial charge in [-0.1, -0.05) is 35.3 Å². The number of ether oxygens (including phenoxy) is 1. The normalized spacial score (nSPS) is 15.8. The van der Waals surface area contributed by atoms with Crippen molar-refractivity contribution >= 4 is 44.8 Å². The molecule has 1 heterocycles. The number of amides is 1. The third kappa shape index (κ3) is 5.63. The van der Waals surface area contributed by atoms with Crippen molar-refractivity contribution in [1.29, 1.82) is 0 Å². The van der Waals surface area contributed by atoms with E-state index >= 15 is 0 Å². The average Bonchev–Trinajstić information content (AvgIpc) is 2.70. The van der Waals surface area contributed by atoms with Crippen LogP contribution in [0, 0.1) is 5.92 Å². The standard InChI is InChI=1S/C20H22Cl2N2O4S/c1-28-19-7-6-17(12-18(19)22)23-20(25)15-8-10-24(11-9-15)29(26,27)13-14-2-4-16(21)5-3-14/h2-7,12,15H,8-11,13H2,1H3,(H,23,25). The number of nitrogens with one attached hydrogen (secondary N) is 1.